The number of carbonyl (C=O) groups excluding carboxylic acids is 1. The van der Waals surface area contributed by atoms with E-state index in [1.165, 1.54) is 11.3 Å². The molecule has 0 radical (unpaired) electrons. The van der Waals surface area contributed by atoms with Crippen LogP contribution < -0.4 is 5.32 Å². The number of hydrogen-bond donors (Lipinski definition) is 1. The Morgan fingerprint density at radius 2 is 2.33 bits per heavy atom. The van der Waals surface area contributed by atoms with Gasteiger partial charge in [0.15, 0.2) is 0 Å². The molecule has 1 aromatic heterocycles. The van der Waals surface area contributed by atoms with Gasteiger partial charge >= 0.3 is 0 Å². The van der Waals surface area contributed by atoms with Crippen molar-refractivity contribution in [3.8, 4) is 0 Å². The van der Waals surface area contributed by atoms with Crippen LogP contribution in [0.3, 0.4) is 0 Å². The summed E-state index contributed by atoms with van der Waals surface area (Å²) in [6.07, 6.45) is 0.836. The molecule has 2 nitrogen and oxygen atoms in total. The maximum Gasteiger partial charge on any atom is 0.261 e. The molecule has 84 valence electrons. The van der Waals surface area contributed by atoms with Gasteiger partial charge in [-0.1, -0.05) is 6.92 Å². The molecule has 0 aliphatic carbocycles. The summed E-state index contributed by atoms with van der Waals surface area (Å²) < 4.78 is 1.82. The second-order valence-electron chi connectivity index (χ2n) is 2.97. The summed E-state index contributed by atoms with van der Waals surface area (Å²) in [5.74, 6) is 0.370. The fraction of sp³-hybridized carbons (Fsp3) is 0.444. The van der Waals surface area contributed by atoms with Crippen LogP contribution in [0.4, 0.5) is 0 Å². The van der Waals surface area contributed by atoms with Gasteiger partial charge in [0.1, 0.15) is 0 Å². The molecule has 0 saturated carbocycles. The highest BCUT2D eigenvalue weighted by molar-refractivity contribution is 9.13. The second kappa shape index (κ2) is 6.23. The molecule has 1 rings (SSSR count). The average molecular weight is 376 g/mol. The summed E-state index contributed by atoms with van der Waals surface area (Å²) in [6, 6.07) is 1.84. The summed E-state index contributed by atoms with van der Waals surface area (Å²) in [4.78, 5) is 12.4. The highest BCUT2D eigenvalue weighted by Crippen LogP contribution is 2.32. The Bertz CT molecular complexity index is 332. The Morgan fingerprint density at radius 1 is 1.67 bits per heavy atom. The number of alkyl halides is 1. The molecule has 6 heteroatoms. The quantitative estimate of drug-likeness (QED) is 0.792. The van der Waals surface area contributed by atoms with E-state index in [1.807, 2.05) is 6.92 Å². The lowest BCUT2D eigenvalue weighted by molar-refractivity contribution is 0.0944. The van der Waals surface area contributed by atoms with Crippen LogP contribution in [0.25, 0.3) is 0 Å². The van der Waals surface area contributed by atoms with Crippen molar-refractivity contribution in [1.82, 2.24) is 5.32 Å². The van der Waals surface area contributed by atoms with Crippen LogP contribution in [0, 0.1) is 0 Å². The van der Waals surface area contributed by atoms with Crippen LogP contribution in [0.15, 0.2) is 14.3 Å². The Balaban J connectivity index is 2.68. The van der Waals surface area contributed by atoms with E-state index in [0.717, 1.165) is 14.7 Å². The summed E-state index contributed by atoms with van der Waals surface area (Å²) in [5, 5.41) is 2.87. The fourth-order valence-electron chi connectivity index (χ4n) is 0.965. The maximum atomic E-state index is 11.7. The molecule has 1 amide bonds. The van der Waals surface area contributed by atoms with Crippen LogP contribution in [-0.4, -0.2) is 17.8 Å². The monoisotopic (exact) mass is 373 g/mol. The van der Waals surface area contributed by atoms with Gasteiger partial charge in [-0.25, -0.2) is 0 Å². The van der Waals surface area contributed by atoms with Crippen LogP contribution in [0.2, 0.25) is 0 Å². The number of halogens is 3. The summed E-state index contributed by atoms with van der Waals surface area (Å²) >= 11 is 13.8. The first-order valence-electron chi connectivity index (χ1n) is 4.40. The van der Waals surface area contributed by atoms with E-state index in [2.05, 4.69) is 37.2 Å². The minimum atomic E-state index is -0.0705. The van der Waals surface area contributed by atoms with Crippen molar-refractivity contribution in [1.29, 1.82) is 0 Å². The van der Waals surface area contributed by atoms with E-state index in [4.69, 9.17) is 11.6 Å². The predicted molar refractivity (Wildman–Crippen MR) is 72.0 cm³/mol. The van der Waals surface area contributed by atoms with E-state index in [1.54, 1.807) is 6.07 Å². The smallest absolute Gasteiger partial charge is 0.261 e. The van der Waals surface area contributed by atoms with Crippen LogP contribution in [0.1, 0.15) is 23.0 Å². The summed E-state index contributed by atoms with van der Waals surface area (Å²) in [7, 11) is 0. The van der Waals surface area contributed by atoms with Gasteiger partial charge in [0.2, 0.25) is 0 Å². The maximum absolute atomic E-state index is 11.7. The highest BCUT2D eigenvalue weighted by Gasteiger charge is 2.14. The second-order valence-corrected chi connectivity index (χ2v) is 6.50. The normalized spacial score (nSPS) is 12.5. The van der Waals surface area contributed by atoms with Crippen molar-refractivity contribution in [2.75, 3.05) is 5.88 Å². The first-order valence-corrected chi connectivity index (χ1v) is 7.33. The Morgan fingerprint density at radius 3 is 2.73 bits per heavy atom. The summed E-state index contributed by atoms with van der Waals surface area (Å²) in [6.45, 7) is 1.99. The molecule has 0 aliphatic rings. The lowest BCUT2D eigenvalue weighted by Gasteiger charge is -2.12. The van der Waals surface area contributed by atoms with Gasteiger partial charge in [-0.3, -0.25) is 4.79 Å². The number of hydrogen-bond acceptors (Lipinski definition) is 2. The van der Waals surface area contributed by atoms with Crippen LogP contribution in [0.5, 0.6) is 0 Å². The number of rotatable bonds is 4. The Kier molecular flexibility index (Phi) is 5.60. The largest absolute Gasteiger partial charge is 0.347 e. The van der Waals surface area contributed by atoms with Crippen molar-refractivity contribution in [2.45, 2.75) is 19.4 Å². The molecule has 0 aliphatic heterocycles. The third-order valence-corrected chi connectivity index (χ3v) is 5.51. The number of thiophene rings is 1. The Hall–Kier alpha value is 0.420. The van der Waals surface area contributed by atoms with E-state index >= 15 is 0 Å². The zero-order valence-electron chi connectivity index (χ0n) is 8.02. The minimum absolute atomic E-state index is 0.0406. The molecule has 0 saturated heterocycles. The molecular formula is C9H10Br2ClNOS. The number of carbonyl (C=O) groups is 1. The predicted octanol–water partition coefficient (Wildman–Crippen LogP) is 4.02. The molecule has 0 bridgehead atoms. The van der Waals surface area contributed by atoms with Crippen LogP contribution in [-0.2, 0) is 0 Å². The van der Waals surface area contributed by atoms with Crippen molar-refractivity contribution in [2.24, 2.45) is 0 Å². The van der Waals surface area contributed by atoms with Crippen molar-refractivity contribution >= 4 is 60.7 Å². The van der Waals surface area contributed by atoms with E-state index in [0.29, 0.717) is 10.8 Å². The molecule has 0 fully saturated rings. The SMILES string of the molecule is CCC(CCl)NC(=O)c1cc(Br)c(Br)s1. The van der Waals surface area contributed by atoms with Crippen molar-refractivity contribution in [3.63, 3.8) is 0 Å². The van der Waals surface area contributed by atoms with Gasteiger partial charge in [0.05, 0.1) is 8.66 Å². The molecule has 1 atom stereocenters. The first kappa shape index (κ1) is 13.5. The summed E-state index contributed by atoms with van der Waals surface area (Å²) in [5.41, 5.74) is 0. The molecule has 1 heterocycles. The zero-order valence-corrected chi connectivity index (χ0v) is 12.8. The van der Waals surface area contributed by atoms with E-state index in [9.17, 15) is 4.79 Å². The van der Waals surface area contributed by atoms with Crippen molar-refractivity contribution in [3.05, 3.63) is 19.2 Å². The average Bonchev–Trinajstić information content (AvgIpc) is 2.55. The molecule has 0 aromatic carbocycles. The first-order chi connectivity index (χ1) is 7.08. The van der Waals surface area contributed by atoms with Gasteiger partial charge in [0, 0.05) is 16.4 Å². The van der Waals surface area contributed by atoms with Crippen molar-refractivity contribution < 1.29 is 4.79 Å². The standard InChI is InChI=1S/C9H10Br2ClNOS/c1-2-5(4-12)13-9(14)7-3-6(10)8(11)15-7/h3,5H,2,4H2,1H3,(H,13,14). The lowest BCUT2D eigenvalue weighted by Crippen LogP contribution is -2.35. The zero-order chi connectivity index (χ0) is 11.4. The third-order valence-electron chi connectivity index (χ3n) is 1.88. The van der Waals surface area contributed by atoms with Gasteiger partial charge < -0.3 is 5.32 Å². The minimum Gasteiger partial charge on any atom is -0.347 e. The fourth-order valence-corrected chi connectivity index (χ4v) is 3.20. The van der Waals surface area contributed by atoms with Gasteiger partial charge in [-0.15, -0.1) is 22.9 Å². The molecule has 0 spiro atoms. The topological polar surface area (TPSA) is 29.1 Å². The number of amides is 1. The van der Waals surface area contributed by atoms with E-state index in [-0.39, 0.29) is 11.9 Å². The third kappa shape index (κ3) is 3.73. The van der Waals surface area contributed by atoms with E-state index < -0.39 is 0 Å². The number of nitrogens with one attached hydrogen (secondary N) is 1. The molecule has 1 N–H and O–H groups in total. The van der Waals surface area contributed by atoms with Gasteiger partial charge in [-0.2, -0.15) is 0 Å². The molecule has 15 heavy (non-hydrogen) atoms. The highest BCUT2D eigenvalue weighted by atomic mass is 79.9. The molecular weight excluding hydrogens is 365 g/mol. The Labute approximate surface area is 115 Å². The van der Waals surface area contributed by atoms with Gasteiger partial charge in [0.25, 0.3) is 5.91 Å². The van der Waals surface area contributed by atoms with Crippen LogP contribution >= 0.6 is 54.8 Å². The molecule has 1 unspecified atom stereocenters. The van der Waals surface area contributed by atoms with Gasteiger partial charge in [-0.05, 0) is 44.3 Å². The molecule has 1 aromatic rings. The lowest BCUT2D eigenvalue weighted by atomic mass is 10.2.